The summed E-state index contributed by atoms with van der Waals surface area (Å²) in [6.45, 7) is 2.16. The van der Waals surface area contributed by atoms with E-state index in [1.807, 2.05) is 0 Å². The summed E-state index contributed by atoms with van der Waals surface area (Å²) < 4.78 is 23.6. The van der Waals surface area contributed by atoms with Gasteiger partial charge in [-0.05, 0) is 35.7 Å². The van der Waals surface area contributed by atoms with Crippen LogP contribution in [0.2, 0.25) is 0 Å². The highest BCUT2D eigenvalue weighted by molar-refractivity contribution is 8.01. The maximum atomic E-state index is 10.8. The Morgan fingerprint density at radius 1 is 1.53 bits per heavy atom. The summed E-state index contributed by atoms with van der Waals surface area (Å²) >= 11 is 1.14. The minimum absolute atomic E-state index is 0.325. The number of benzene rings is 1. The highest BCUT2D eigenvalue weighted by Gasteiger charge is 2.05. The number of unbranched alkanes of at least 4 members (excludes halogenated alkanes) is 1. The fourth-order valence-corrected chi connectivity index (χ4v) is 4.08. The van der Waals surface area contributed by atoms with Crippen LogP contribution in [0.25, 0.3) is 10.2 Å². The third kappa shape index (κ3) is 3.28. The second kappa shape index (κ2) is 5.95. The molecule has 1 unspecified atom stereocenters. The van der Waals surface area contributed by atoms with Gasteiger partial charge in [-0.1, -0.05) is 25.1 Å². The van der Waals surface area contributed by atoms with Crippen LogP contribution in [-0.2, 0) is 11.1 Å². The van der Waals surface area contributed by atoms with Gasteiger partial charge in [0.25, 0.3) is 0 Å². The lowest BCUT2D eigenvalue weighted by Gasteiger charge is -2.02. The summed E-state index contributed by atoms with van der Waals surface area (Å²) in [5, 5.41) is 0. The predicted octanol–water partition coefficient (Wildman–Crippen LogP) is 3.43. The Hall–Kier alpha value is -0.430. The van der Waals surface area contributed by atoms with Gasteiger partial charge in [-0.3, -0.25) is 4.21 Å². The van der Waals surface area contributed by atoms with Gasteiger partial charge in [0.15, 0.2) is 4.34 Å². The van der Waals surface area contributed by atoms with Crippen molar-refractivity contribution in [2.24, 2.45) is 0 Å². The van der Waals surface area contributed by atoms with Gasteiger partial charge < -0.3 is 4.55 Å². The lowest BCUT2D eigenvalue weighted by Crippen LogP contribution is -1.86. The Kier molecular flexibility index (Phi) is 4.55. The van der Waals surface area contributed by atoms with Crippen LogP contribution in [0.4, 0.5) is 0 Å². The van der Waals surface area contributed by atoms with Crippen molar-refractivity contribution in [1.82, 2.24) is 4.98 Å². The summed E-state index contributed by atoms with van der Waals surface area (Å²) in [5.74, 6) is 1.07. The van der Waals surface area contributed by atoms with Crippen molar-refractivity contribution in [3.05, 3.63) is 18.2 Å². The molecule has 0 saturated carbocycles. The van der Waals surface area contributed by atoms with E-state index >= 15 is 0 Å². The molecular formula is C11H12NO2S3-. The molecule has 2 aromatic rings. The molecule has 17 heavy (non-hydrogen) atoms. The number of aromatic nitrogens is 1. The van der Waals surface area contributed by atoms with Crippen molar-refractivity contribution in [2.75, 3.05) is 5.75 Å². The van der Waals surface area contributed by atoms with Gasteiger partial charge in [-0.15, -0.1) is 11.3 Å². The van der Waals surface area contributed by atoms with Gasteiger partial charge in [-0.2, -0.15) is 0 Å². The first kappa shape index (κ1) is 13.0. The van der Waals surface area contributed by atoms with E-state index in [4.69, 9.17) is 0 Å². The molecule has 0 bridgehead atoms. The van der Waals surface area contributed by atoms with E-state index in [0.717, 1.165) is 20.3 Å². The van der Waals surface area contributed by atoms with Crippen molar-refractivity contribution < 1.29 is 8.76 Å². The normalized spacial score (nSPS) is 13.1. The SMILES string of the molecule is CCCCSc1nc2ccc(S(=O)[O-])cc2s1. The number of thiazole rings is 1. The summed E-state index contributed by atoms with van der Waals surface area (Å²) in [4.78, 5) is 4.79. The molecule has 0 aliphatic heterocycles. The van der Waals surface area contributed by atoms with Gasteiger partial charge >= 0.3 is 0 Å². The van der Waals surface area contributed by atoms with Crippen LogP contribution in [0, 0.1) is 0 Å². The maximum absolute atomic E-state index is 10.8. The second-order valence-corrected chi connectivity index (χ2v) is 6.86. The molecule has 1 aromatic heterocycles. The van der Waals surface area contributed by atoms with Crippen molar-refractivity contribution >= 4 is 44.4 Å². The van der Waals surface area contributed by atoms with Gasteiger partial charge in [-0.25, -0.2) is 4.98 Å². The summed E-state index contributed by atoms with van der Waals surface area (Å²) in [7, 11) is 0. The van der Waals surface area contributed by atoms with E-state index in [-0.39, 0.29) is 0 Å². The fourth-order valence-electron chi connectivity index (χ4n) is 1.35. The van der Waals surface area contributed by atoms with Crippen molar-refractivity contribution in [2.45, 2.75) is 29.0 Å². The second-order valence-electron chi connectivity index (χ2n) is 3.55. The number of hydrogen-bond acceptors (Lipinski definition) is 5. The smallest absolute Gasteiger partial charge is 0.151 e. The molecule has 0 spiro atoms. The quantitative estimate of drug-likeness (QED) is 0.480. The number of hydrogen-bond donors (Lipinski definition) is 0. The largest absolute Gasteiger partial charge is 0.768 e. The summed E-state index contributed by atoms with van der Waals surface area (Å²) in [6, 6.07) is 5.03. The molecule has 0 fully saturated rings. The Bertz CT molecular complexity index is 538. The standard InChI is InChI=1S/C11H13NO2S3/c1-2-3-6-15-11-12-9-5-4-8(17(13)14)7-10(9)16-11/h4-5,7H,2-3,6H2,1H3,(H,13,14)/p-1. The van der Waals surface area contributed by atoms with E-state index in [1.54, 1.807) is 41.3 Å². The molecule has 0 radical (unpaired) electrons. The van der Waals surface area contributed by atoms with E-state index in [0.29, 0.717) is 4.90 Å². The Balaban J connectivity index is 2.21. The van der Waals surface area contributed by atoms with Gasteiger partial charge in [0.2, 0.25) is 0 Å². The number of fused-ring (bicyclic) bond motifs is 1. The molecule has 3 nitrogen and oxygen atoms in total. The lowest BCUT2D eigenvalue weighted by molar-refractivity contribution is 0.537. The topological polar surface area (TPSA) is 53.0 Å². The van der Waals surface area contributed by atoms with Crippen LogP contribution in [0.15, 0.2) is 27.4 Å². The highest BCUT2D eigenvalue weighted by Crippen LogP contribution is 2.31. The van der Waals surface area contributed by atoms with E-state index in [1.165, 1.54) is 12.8 Å². The first-order valence-corrected chi connectivity index (χ1v) is 8.21. The monoisotopic (exact) mass is 286 g/mol. The Morgan fingerprint density at radius 3 is 3.06 bits per heavy atom. The van der Waals surface area contributed by atoms with Crippen LogP contribution < -0.4 is 0 Å². The average molecular weight is 286 g/mol. The minimum Gasteiger partial charge on any atom is -0.768 e. The molecule has 2 rings (SSSR count). The van der Waals surface area contributed by atoms with Gasteiger partial charge in [0.1, 0.15) is 0 Å². The van der Waals surface area contributed by atoms with Gasteiger partial charge in [0.05, 0.1) is 10.2 Å². The van der Waals surface area contributed by atoms with Crippen LogP contribution in [-0.4, -0.2) is 19.5 Å². The first-order chi connectivity index (χ1) is 8.20. The minimum atomic E-state index is -2.16. The van der Waals surface area contributed by atoms with Crippen LogP contribution in [0.3, 0.4) is 0 Å². The lowest BCUT2D eigenvalue weighted by atomic mass is 10.3. The molecule has 92 valence electrons. The van der Waals surface area contributed by atoms with Crippen molar-refractivity contribution in [1.29, 1.82) is 0 Å². The zero-order valence-electron chi connectivity index (χ0n) is 9.34. The molecule has 1 atom stereocenters. The number of rotatable bonds is 5. The van der Waals surface area contributed by atoms with E-state index in [9.17, 15) is 8.76 Å². The average Bonchev–Trinajstić information content (AvgIpc) is 2.70. The zero-order chi connectivity index (χ0) is 12.3. The van der Waals surface area contributed by atoms with Gasteiger partial charge in [0, 0.05) is 10.6 Å². The molecule has 1 aromatic carbocycles. The third-order valence-corrected chi connectivity index (χ3v) is 5.14. The van der Waals surface area contributed by atoms with E-state index in [2.05, 4.69) is 11.9 Å². The number of nitrogens with zero attached hydrogens (tertiary/aromatic N) is 1. The van der Waals surface area contributed by atoms with Crippen LogP contribution >= 0.6 is 23.1 Å². The maximum Gasteiger partial charge on any atom is 0.151 e. The third-order valence-electron chi connectivity index (χ3n) is 2.26. The number of thioether (sulfide) groups is 1. The van der Waals surface area contributed by atoms with Crippen molar-refractivity contribution in [3.63, 3.8) is 0 Å². The fraction of sp³-hybridized carbons (Fsp3) is 0.364. The first-order valence-electron chi connectivity index (χ1n) is 5.33. The summed E-state index contributed by atoms with van der Waals surface area (Å²) in [6.07, 6.45) is 2.35. The molecule has 0 aliphatic rings. The molecule has 1 heterocycles. The molecule has 0 saturated heterocycles. The highest BCUT2D eigenvalue weighted by atomic mass is 32.2. The molecule has 0 amide bonds. The molecule has 0 aliphatic carbocycles. The van der Waals surface area contributed by atoms with Crippen LogP contribution in [0.1, 0.15) is 19.8 Å². The molecule has 0 N–H and O–H groups in total. The Morgan fingerprint density at radius 2 is 2.35 bits per heavy atom. The molecule has 6 heteroatoms. The Labute approximate surface area is 111 Å². The zero-order valence-corrected chi connectivity index (χ0v) is 11.8. The van der Waals surface area contributed by atoms with E-state index < -0.39 is 11.1 Å². The predicted molar refractivity (Wildman–Crippen MR) is 72.4 cm³/mol. The molecular weight excluding hydrogens is 274 g/mol. The van der Waals surface area contributed by atoms with Crippen LogP contribution in [0.5, 0.6) is 0 Å². The summed E-state index contributed by atoms with van der Waals surface area (Å²) in [5.41, 5.74) is 0.878. The van der Waals surface area contributed by atoms with Crippen molar-refractivity contribution in [3.8, 4) is 0 Å².